The summed E-state index contributed by atoms with van der Waals surface area (Å²) in [5, 5.41) is 10.8. The molecule has 114 valence electrons. The Balaban J connectivity index is 2.23. The predicted octanol–water partition coefficient (Wildman–Crippen LogP) is 3.33. The van der Waals surface area contributed by atoms with Crippen molar-refractivity contribution in [1.82, 2.24) is 4.72 Å². The first-order valence-electron chi connectivity index (χ1n) is 6.33. The van der Waals surface area contributed by atoms with E-state index in [1.807, 2.05) is 24.4 Å². The third kappa shape index (κ3) is 3.91. The van der Waals surface area contributed by atoms with E-state index >= 15 is 0 Å². The summed E-state index contributed by atoms with van der Waals surface area (Å²) >= 11 is 2.26. The van der Waals surface area contributed by atoms with Crippen LogP contribution in [0.2, 0.25) is 0 Å². The van der Waals surface area contributed by atoms with E-state index in [2.05, 4.69) is 4.72 Å². The highest BCUT2D eigenvalue weighted by Crippen LogP contribution is 2.27. The molecule has 2 N–H and O–H groups in total. The maximum Gasteiger partial charge on any atom is 0.345 e. The quantitative estimate of drug-likeness (QED) is 0.806. The normalized spacial score (nSPS) is 13.2. The van der Waals surface area contributed by atoms with Gasteiger partial charge in [0.25, 0.3) is 10.0 Å². The average Bonchev–Trinajstić information content (AvgIpc) is 3.10. The van der Waals surface area contributed by atoms with E-state index in [1.165, 1.54) is 23.5 Å². The van der Waals surface area contributed by atoms with Crippen LogP contribution < -0.4 is 4.72 Å². The van der Waals surface area contributed by atoms with Gasteiger partial charge in [0.05, 0.1) is 6.04 Å². The Kier molecular flexibility index (Phi) is 5.15. The summed E-state index contributed by atoms with van der Waals surface area (Å²) in [6.45, 7) is 1.99. The number of carbonyl (C=O) groups is 1. The average molecular weight is 345 g/mol. The Labute approximate surface area is 131 Å². The van der Waals surface area contributed by atoms with Crippen LogP contribution in [0.3, 0.4) is 0 Å². The molecule has 0 saturated heterocycles. The zero-order valence-electron chi connectivity index (χ0n) is 11.3. The second-order valence-electron chi connectivity index (χ2n) is 4.40. The van der Waals surface area contributed by atoms with Gasteiger partial charge < -0.3 is 5.11 Å². The summed E-state index contributed by atoms with van der Waals surface area (Å²) < 4.78 is 27.4. The summed E-state index contributed by atoms with van der Waals surface area (Å²) in [5.41, 5.74) is 0. The van der Waals surface area contributed by atoms with Gasteiger partial charge in [0.15, 0.2) is 0 Å². The first kappa shape index (κ1) is 16.2. The van der Waals surface area contributed by atoms with Crippen molar-refractivity contribution in [3.05, 3.63) is 39.4 Å². The summed E-state index contributed by atoms with van der Waals surface area (Å²) in [6.07, 6.45) is 1.53. The molecule has 0 amide bonds. The lowest BCUT2D eigenvalue weighted by molar-refractivity contribution is 0.0702. The fourth-order valence-electron chi connectivity index (χ4n) is 1.86. The van der Waals surface area contributed by atoms with E-state index in [4.69, 9.17) is 5.11 Å². The number of carboxylic acid groups (broad SMARTS) is 1. The number of nitrogens with one attached hydrogen (secondary N) is 1. The van der Waals surface area contributed by atoms with Crippen LogP contribution in [0.1, 0.15) is 40.4 Å². The van der Waals surface area contributed by atoms with Gasteiger partial charge in [-0.15, -0.1) is 22.7 Å². The van der Waals surface area contributed by atoms with Gasteiger partial charge in [0, 0.05) is 4.88 Å². The molecule has 0 radical (unpaired) electrons. The van der Waals surface area contributed by atoms with Crippen molar-refractivity contribution in [1.29, 1.82) is 0 Å². The molecule has 0 aromatic carbocycles. The fraction of sp³-hybridized carbons (Fsp3) is 0.308. The zero-order chi connectivity index (χ0) is 15.5. The first-order valence-corrected chi connectivity index (χ1v) is 9.51. The molecule has 0 spiro atoms. The maximum atomic E-state index is 12.4. The largest absolute Gasteiger partial charge is 0.477 e. The van der Waals surface area contributed by atoms with E-state index in [-0.39, 0.29) is 15.1 Å². The monoisotopic (exact) mass is 345 g/mol. The zero-order valence-corrected chi connectivity index (χ0v) is 13.7. The summed E-state index contributed by atoms with van der Waals surface area (Å²) in [7, 11) is -3.71. The summed E-state index contributed by atoms with van der Waals surface area (Å²) in [4.78, 5) is 11.8. The van der Waals surface area contributed by atoms with Crippen LogP contribution in [0.15, 0.2) is 33.9 Å². The van der Waals surface area contributed by atoms with E-state index in [9.17, 15) is 13.2 Å². The topological polar surface area (TPSA) is 83.5 Å². The lowest BCUT2D eigenvalue weighted by Crippen LogP contribution is -2.27. The van der Waals surface area contributed by atoms with Crippen molar-refractivity contribution in [2.45, 2.75) is 30.0 Å². The van der Waals surface area contributed by atoms with E-state index in [0.29, 0.717) is 6.42 Å². The molecule has 0 aliphatic rings. The number of carboxylic acids is 1. The SMILES string of the molecule is CCCC(NS(=O)(=O)c1ccc(C(=O)O)s1)c1cccs1. The molecular weight excluding hydrogens is 330 g/mol. The van der Waals surface area contributed by atoms with Crippen molar-refractivity contribution in [2.75, 3.05) is 0 Å². The van der Waals surface area contributed by atoms with Gasteiger partial charge in [-0.3, -0.25) is 0 Å². The molecule has 0 fully saturated rings. The second-order valence-corrected chi connectivity index (χ2v) is 8.41. The number of aromatic carboxylic acids is 1. The van der Waals surface area contributed by atoms with Crippen LogP contribution in [0, 0.1) is 0 Å². The molecule has 8 heteroatoms. The van der Waals surface area contributed by atoms with Crippen molar-refractivity contribution in [3.63, 3.8) is 0 Å². The molecule has 0 aliphatic carbocycles. The van der Waals surface area contributed by atoms with Gasteiger partial charge >= 0.3 is 5.97 Å². The third-order valence-corrected chi connectivity index (χ3v) is 6.84. The molecule has 21 heavy (non-hydrogen) atoms. The molecule has 0 saturated carbocycles. The molecule has 0 bridgehead atoms. The van der Waals surface area contributed by atoms with Gasteiger partial charge in [0.2, 0.25) is 0 Å². The van der Waals surface area contributed by atoms with Gasteiger partial charge in [-0.25, -0.2) is 17.9 Å². The number of rotatable bonds is 7. The van der Waals surface area contributed by atoms with Crippen molar-refractivity contribution < 1.29 is 18.3 Å². The highest BCUT2D eigenvalue weighted by molar-refractivity contribution is 7.91. The Morgan fingerprint density at radius 3 is 2.67 bits per heavy atom. The maximum absolute atomic E-state index is 12.4. The lowest BCUT2D eigenvalue weighted by atomic mass is 10.1. The highest BCUT2D eigenvalue weighted by atomic mass is 32.2. The van der Waals surface area contributed by atoms with Crippen LogP contribution in [0.25, 0.3) is 0 Å². The molecule has 5 nitrogen and oxygen atoms in total. The number of hydrogen-bond donors (Lipinski definition) is 2. The van der Waals surface area contributed by atoms with E-state index in [0.717, 1.165) is 22.6 Å². The second kappa shape index (κ2) is 6.69. The van der Waals surface area contributed by atoms with Gasteiger partial charge in [-0.05, 0) is 30.0 Å². The minimum Gasteiger partial charge on any atom is -0.477 e. The third-order valence-electron chi connectivity index (χ3n) is 2.82. The molecule has 2 aromatic rings. The minimum atomic E-state index is -3.71. The van der Waals surface area contributed by atoms with Crippen LogP contribution >= 0.6 is 22.7 Å². The van der Waals surface area contributed by atoms with Crippen molar-refractivity contribution >= 4 is 38.7 Å². The van der Waals surface area contributed by atoms with Crippen molar-refractivity contribution in [2.24, 2.45) is 0 Å². The Morgan fingerprint density at radius 1 is 1.38 bits per heavy atom. The van der Waals surface area contributed by atoms with Gasteiger partial charge in [-0.1, -0.05) is 19.4 Å². The summed E-state index contributed by atoms with van der Waals surface area (Å²) in [6, 6.07) is 6.13. The molecule has 1 atom stereocenters. The number of hydrogen-bond acceptors (Lipinski definition) is 5. The predicted molar refractivity (Wildman–Crippen MR) is 83.6 cm³/mol. The van der Waals surface area contributed by atoms with Crippen LogP contribution in [0.4, 0.5) is 0 Å². The van der Waals surface area contributed by atoms with Crippen molar-refractivity contribution in [3.8, 4) is 0 Å². The fourth-order valence-corrected chi connectivity index (χ4v) is 5.16. The molecule has 2 aromatic heterocycles. The molecular formula is C13H15NO4S3. The molecule has 0 aliphatic heterocycles. The standard InChI is InChI=1S/C13H15NO4S3/c1-2-4-9(10-5-3-8-19-10)14-21(17,18)12-7-6-11(20-12)13(15)16/h3,5-9,14H,2,4H2,1H3,(H,15,16). The Bertz CT molecular complexity index is 704. The first-order chi connectivity index (χ1) is 9.94. The molecule has 2 heterocycles. The minimum absolute atomic E-state index is 0.0125. The molecule has 2 rings (SSSR count). The van der Waals surface area contributed by atoms with Gasteiger partial charge in [-0.2, -0.15) is 0 Å². The smallest absolute Gasteiger partial charge is 0.345 e. The molecule has 1 unspecified atom stereocenters. The van der Waals surface area contributed by atoms with E-state index in [1.54, 1.807) is 0 Å². The van der Waals surface area contributed by atoms with Crippen LogP contribution in [0.5, 0.6) is 0 Å². The Hall–Kier alpha value is -1.22. The Morgan fingerprint density at radius 2 is 2.14 bits per heavy atom. The van der Waals surface area contributed by atoms with E-state index < -0.39 is 16.0 Å². The lowest BCUT2D eigenvalue weighted by Gasteiger charge is -2.16. The van der Waals surface area contributed by atoms with Crippen LogP contribution in [-0.4, -0.2) is 19.5 Å². The van der Waals surface area contributed by atoms with Gasteiger partial charge in [0.1, 0.15) is 9.09 Å². The number of thiophene rings is 2. The summed E-state index contributed by atoms with van der Waals surface area (Å²) in [5.74, 6) is -1.12. The van der Waals surface area contributed by atoms with Crippen LogP contribution in [-0.2, 0) is 10.0 Å². The highest BCUT2D eigenvalue weighted by Gasteiger charge is 2.24. The number of sulfonamides is 1.